The summed E-state index contributed by atoms with van der Waals surface area (Å²) in [7, 11) is 1.39. The number of carbonyl (C=O) groups excluding carboxylic acids is 1. The predicted molar refractivity (Wildman–Crippen MR) is 70.5 cm³/mol. The van der Waals surface area contributed by atoms with Gasteiger partial charge in [0.15, 0.2) is 0 Å². The molecule has 110 valence electrons. The quantitative estimate of drug-likeness (QED) is 0.465. The Kier molecular flexibility index (Phi) is 4.12. The van der Waals surface area contributed by atoms with Crippen LogP contribution in [0.4, 0.5) is 5.69 Å². The van der Waals surface area contributed by atoms with Gasteiger partial charge in [-0.05, 0) is 6.92 Å². The van der Waals surface area contributed by atoms with Gasteiger partial charge in [-0.3, -0.25) is 10.1 Å². The molecular weight excluding hydrogens is 280 g/mol. The molecule has 21 heavy (non-hydrogen) atoms. The van der Waals surface area contributed by atoms with Crippen LogP contribution in [0.1, 0.15) is 17.3 Å². The molecule has 0 aliphatic rings. The Morgan fingerprint density at radius 2 is 2.24 bits per heavy atom. The zero-order chi connectivity index (χ0) is 15.4. The molecule has 9 nitrogen and oxygen atoms in total. The van der Waals surface area contributed by atoms with Crippen LogP contribution in [0, 0.1) is 10.1 Å². The van der Waals surface area contributed by atoms with Crippen LogP contribution >= 0.6 is 0 Å². The molecule has 0 unspecified atom stereocenters. The molecule has 0 aromatic carbocycles. The van der Waals surface area contributed by atoms with Crippen molar-refractivity contribution in [3.63, 3.8) is 0 Å². The van der Waals surface area contributed by atoms with E-state index in [1.54, 1.807) is 6.92 Å². The lowest BCUT2D eigenvalue weighted by atomic mass is 10.3. The Hall–Kier alpha value is -2.97. The number of aromatic nitrogens is 3. The number of esters is 1. The van der Waals surface area contributed by atoms with Gasteiger partial charge in [0.1, 0.15) is 0 Å². The Balaban J connectivity index is 2.45. The lowest BCUT2D eigenvalue weighted by Gasteiger charge is -2.04. The van der Waals surface area contributed by atoms with Crippen molar-refractivity contribution in [3.8, 4) is 11.7 Å². The number of hydrogen-bond donors (Lipinski definition) is 0. The number of pyridine rings is 1. The molecule has 2 heterocycles. The Morgan fingerprint density at radius 1 is 1.48 bits per heavy atom. The summed E-state index contributed by atoms with van der Waals surface area (Å²) in [5, 5.41) is 14.9. The van der Waals surface area contributed by atoms with Gasteiger partial charge in [-0.1, -0.05) is 0 Å². The molecule has 0 radical (unpaired) electrons. The zero-order valence-electron chi connectivity index (χ0n) is 11.3. The van der Waals surface area contributed by atoms with Crippen LogP contribution in [0.5, 0.6) is 5.88 Å². The van der Waals surface area contributed by atoms with Gasteiger partial charge in [0.25, 0.3) is 0 Å². The number of ether oxygens (including phenoxy) is 2. The van der Waals surface area contributed by atoms with Crippen LogP contribution in [0.15, 0.2) is 24.5 Å². The molecule has 9 heteroatoms. The highest BCUT2D eigenvalue weighted by Gasteiger charge is 2.20. The van der Waals surface area contributed by atoms with Crippen LogP contribution in [-0.2, 0) is 4.74 Å². The van der Waals surface area contributed by atoms with Crippen molar-refractivity contribution < 1.29 is 19.2 Å². The highest BCUT2D eigenvalue weighted by molar-refractivity contribution is 5.88. The first-order valence-corrected chi connectivity index (χ1v) is 5.98. The maximum absolute atomic E-state index is 11.6. The summed E-state index contributed by atoms with van der Waals surface area (Å²) in [5.74, 6) is -0.409. The van der Waals surface area contributed by atoms with E-state index in [9.17, 15) is 14.9 Å². The van der Waals surface area contributed by atoms with E-state index in [0.717, 1.165) is 4.68 Å². The molecule has 0 aliphatic heterocycles. The Bertz CT molecular complexity index is 682. The van der Waals surface area contributed by atoms with Gasteiger partial charge in [0.2, 0.25) is 11.7 Å². The van der Waals surface area contributed by atoms with Crippen molar-refractivity contribution in [1.29, 1.82) is 0 Å². The number of nitrogens with zero attached hydrogens (tertiary/aromatic N) is 4. The summed E-state index contributed by atoms with van der Waals surface area (Å²) in [6.07, 6.45) is 2.57. The molecule has 0 fully saturated rings. The van der Waals surface area contributed by atoms with Crippen molar-refractivity contribution in [2.24, 2.45) is 0 Å². The summed E-state index contributed by atoms with van der Waals surface area (Å²) in [6.45, 7) is 1.90. The first-order valence-electron chi connectivity index (χ1n) is 5.98. The number of nitro groups is 1. The lowest BCUT2D eigenvalue weighted by molar-refractivity contribution is -0.385. The van der Waals surface area contributed by atoms with E-state index in [1.807, 2.05) is 0 Å². The monoisotopic (exact) mass is 292 g/mol. The second-order valence-corrected chi connectivity index (χ2v) is 3.85. The molecule has 0 saturated heterocycles. The highest BCUT2D eigenvalue weighted by atomic mass is 16.6. The summed E-state index contributed by atoms with van der Waals surface area (Å²) >= 11 is 0. The minimum absolute atomic E-state index is 0.0464. The third-order valence-corrected chi connectivity index (χ3v) is 2.55. The van der Waals surface area contributed by atoms with Crippen LogP contribution in [0.25, 0.3) is 5.82 Å². The minimum Gasteiger partial charge on any atom is -0.481 e. The first kappa shape index (κ1) is 14.4. The summed E-state index contributed by atoms with van der Waals surface area (Å²) in [4.78, 5) is 26.0. The molecule has 2 rings (SSSR count). The topological polar surface area (TPSA) is 109 Å². The highest BCUT2D eigenvalue weighted by Crippen LogP contribution is 2.23. The molecular formula is C12H12N4O5. The maximum atomic E-state index is 11.6. The van der Waals surface area contributed by atoms with E-state index in [0.29, 0.717) is 0 Å². The van der Waals surface area contributed by atoms with E-state index in [2.05, 4.69) is 10.1 Å². The molecule has 0 bridgehead atoms. The molecule has 0 N–H and O–H groups in total. The second-order valence-electron chi connectivity index (χ2n) is 3.85. The largest absolute Gasteiger partial charge is 0.481 e. The Morgan fingerprint density at radius 3 is 2.86 bits per heavy atom. The van der Waals surface area contributed by atoms with Crippen LogP contribution in [-0.4, -0.2) is 39.4 Å². The molecule has 0 atom stereocenters. The van der Waals surface area contributed by atoms with Crippen LogP contribution in [0.2, 0.25) is 0 Å². The van der Waals surface area contributed by atoms with Crippen molar-refractivity contribution in [2.45, 2.75) is 6.92 Å². The van der Waals surface area contributed by atoms with Gasteiger partial charge in [-0.2, -0.15) is 10.1 Å². The molecule has 2 aromatic rings. The van der Waals surface area contributed by atoms with E-state index >= 15 is 0 Å². The van der Waals surface area contributed by atoms with Gasteiger partial charge in [-0.15, -0.1) is 0 Å². The predicted octanol–water partition coefficient (Wildman–Crippen LogP) is 1.36. The van der Waals surface area contributed by atoms with Gasteiger partial charge >= 0.3 is 11.7 Å². The fraction of sp³-hybridized carbons (Fsp3) is 0.250. The first-order chi connectivity index (χ1) is 10.1. The number of rotatable bonds is 5. The van der Waals surface area contributed by atoms with Gasteiger partial charge in [0.05, 0.1) is 30.4 Å². The van der Waals surface area contributed by atoms with E-state index in [4.69, 9.17) is 9.47 Å². The number of carbonyl (C=O) groups is 1. The minimum atomic E-state index is -0.590. The van der Waals surface area contributed by atoms with Gasteiger partial charge < -0.3 is 9.47 Å². The Labute approximate surface area is 119 Å². The standard InChI is InChI=1S/C12H12N4O5/c1-3-21-12(17)8-6-13-15(7-8)11-9(16(18)19)4-5-10(14-11)20-2/h4-7H,3H2,1-2H3. The average molecular weight is 292 g/mol. The summed E-state index contributed by atoms with van der Waals surface area (Å²) in [6, 6.07) is 2.63. The molecule has 0 aliphatic carbocycles. The smallest absolute Gasteiger partial charge is 0.341 e. The third-order valence-electron chi connectivity index (χ3n) is 2.55. The normalized spacial score (nSPS) is 10.2. The molecule has 0 spiro atoms. The summed E-state index contributed by atoms with van der Waals surface area (Å²) < 4.78 is 10.9. The summed E-state index contributed by atoms with van der Waals surface area (Å²) in [5.41, 5.74) is -0.0786. The number of hydrogen-bond acceptors (Lipinski definition) is 7. The van der Waals surface area contributed by atoms with Crippen molar-refractivity contribution in [3.05, 3.63) is 40.2 Å². The van der Waals surface area contributed by atoms with Crippen LogP contribution in [0.3, 0.4) is 0 Å². The second kappa shape index (κ2) is 5.99. The van der Waals surface area contributed by atoms with E-state index in [-0.39, 0.29) is 29.6 Å². The number of methoxy groups -OCH3 is 1. The fourth-order valence-electron chi connectivity index (χ4n) is 1.61. The van der Waals surface area contributed by atoms with Crippen molar-refractivity contribution in [2.75, 3.05) is 13.7 Å². The van der Waals surface area contributed by atoms with Crippen molar-refractivity contribution >= 4 is 11.7 Å². The average Bonchev–Trinajstić information content (AvgIpc) is 2.96. The van der Waals surface area contributed by atoms with Crippen molar-refractivity contribution in [1.82, 2.24) is 14.8 Å². The van der Waals surface area contributed by atoms with E-state index in [1.165, 1.54) is 31.6 Å². The fourth-order valence-corrected chi connectivity index (χ4v) is 1.61. The third kappa shape index (κ3) is 2.96. The van der Waals surface area contributed by atoms with Gasteiger partial charge in [-0.25, -0.2) is 9.48 Å². The molecule has 0 saturated carbocycles. The van der Waals surface area contributed by atoms with E-state index < -0.39 is 10.9 Å². The molecule has 2 aromatic heterocycles. The maximum Gasteiger partial charge on any atom is 0.341 e. The zero-order valence-corrected chi connectivity index (χ0v) is 11.3. The van der Waals surface area contributed by atoms with Crippen LogP contribution < -0.4 is 4.74 Å². The molecule has 0 amide bonds. The SMILES string of the molecule is CCOC(=O)c1cnn(-c2nc(OC)ccc2[N+](=O)[O-])c1. The van der Waals surface area contributed by atoms with Gasteiger partial charge in [0, 0.05) is 18.3 Å². The lowest BCUT2D eigenvalue weighted by Crippen LogP contribution is -2.05.